The molecule has 160 valence electrons. The zero-order valence-electron chi connectivity index (χ0n) is 17.1. The molecule has 7 nitrogen and oxygen atoms in total. The molecule has 3 rings (SSSR count). The van der Waals surface area contributed by atoms with Crippen molar-refractivity contribution in [3.63, 3.8) is 0 Å². The molecule has 0 unspecified atom stereocenters. The Kier molecular flexibility index (Phi) is 10.6. The van der Waals surface area contributed by atoms with Gasteiger partial charge in [0.15, 0.2) is 5.13 Å². The largest absolute Gasteiger partial charge is 0.477 e. The van der Waals surface area contributed by atoms with Crippen molar-refractivity contribution in [1.82, 2.24) is 15.2 Å². The van der Waals surface area contributed by atoms with Gasteiger partial charge in [0.1, 0.15) is 4.88 Å². The van der Waals surface area contributed by atoms with Crippen molar-refractivity contribution in [2.24, 2.45) is 0 Å². The summed E-state index contributed by atoms with van der Waals surface area (Å²) in [5.41, 5.74) is 7.45. The highest BCUT2D eigenvalue weighted by atomic mass is 32.1. The van der Waals surface area contributed by atoms with Gasteiger partial charge in [0.05, 0.1) is 18.9 Å². The molecule has 0 bridgehead atoms. The quantitative estimate of drug-likeness (QED) is 0.536. The number of rotatable bonds is 9. The van der Waals surface area contributed by atoms with Crippen molar-refractivity contribution < 1.29 is 14.6 Å². The van der Waals surface area contributed by atoms with Crippen LogP contribution in [0.25, 0.3) is 0 Å². The number of ether oxygens (including phenoxy) is 1. The number of thiazole rings is 1. The van der Waals surface area contributed by atoms with Crippen molar-refractivity contribution in [2.75, 3.05) is 38.6 Å². The first kappa shape index (κ1) is 23.3. The van der Waals surface area contributed by atoms with Crippen LogP contribution in [0.15, 0.2) is 30.3 Å². The highest BCUT2D eigenvalue weighted by Gasteiger charge is 2.19. The van der Waals surface area contributed by atoms with Crippen LogP contribution in [0.4, 0.5) is 5.13 Å². The molecule has 0 saturated carbocycles. The van der Waals surface area contributed by atoms with E-state index in [0.717, 1.165) is 37.5 Å². The van der Waals surface area contributed by atoms with Crippen LogP contribution >= 0.6 is 11.3 Å². The van der Waals surface area contributed by atoms with E-state index in [4.69, 9.17) is 15.6 Å². The minimum atomic E-state index is -0.961. The molecule has 2 aromatic rings. The standard InChI is InChI=1S/C12H19N.C9H13N3O3S/c1-2-3-7-10-13-11-12-8-5-4-6-9-12;10-9-11-6(7(16-9)8(13)14)5-12-1-3-15-4-2-12/h4-6,8-9,13H,2-3,7,10-11H2,1H3;1-5H2,(H2,10,11)(H,13,14). The summed E-state index contributed by atoms with van der Waals surface area (Å²) in [4.78, 5) is 17.4. The summed E-state index contributed by atoms with van der Waals surface area (Å²) in [5, 5.41) is 12.7. The van der Waals surface area contributed by atoms with Crippen LogP contribution < -0.4 is 11.1 Å². The Bertz CT molecular complexity index is 718. The first-order valence-corrected chi connectivity index (χ1v) is 10.9. The highest BCUT2D eigenvalue weighted by molar-refractivity contribution is 7.17. The summed E-state index contributed by atoms with van der Waals surface area (Å²) in [6.07, 6.45) is 3.93. The summed E-state index contributed by atoms with van der Waals surface area (Å²) in [5.74, 6) is -0.961. The van der Waals surface area contributed by atoms with Crippen LogP contribution in [0.2, 0.25) is 0 Å². The zero-order valence-corrected chi connectivity index (χ0v) is 17.9. The molecule has 0 radical (unpaired) electrons. The third-order valence-corrected chi connectivity index (χ3v) is 5.43. The van der Waals surface area contributed by atoms with Crippen LogP contribution in [-0.2, 0) is 17.8 Å². The first-order valence-electron chi connectivity index (χ1n) is 10.1. The minimum absolute atomic E-state index is 0.240. The van der Waals surface area contributed by atoms with Gasteiger partial charge in [-0.25, -0.2) is 9.78 Å². The lowest BCUT2D eigenvalue weighted by atomic mass is 10.2. The number of nitrogens with zero attached hydrogens (tertiary/aromatic N) is 2. The first-order chi connectivity index (χ1) is 14.1. The van der Waals surface area contributed by atoms with Gasteiger partial charge in [-0.1, -0.05) is 61.4 Å². The van der Waals surface area contributed by atoms with Crippen molar-refractivity contribution in [3.8, 4) is 0 Å². The number of morpholine rings is 1. The molecule has 1 saturated heterocycles. The maximum absolute atomic E-state index is 10.9. The highest BCUT2D eigenvalue weighted by Crippen LogP contribution is 2.22. The summed E-state index contributed by atoms with van der Waals surface area (Å²) in [6, 6.07) is 10.5. The molecule has 1 aliphatic rings. The smallest absolute Gasteiger partial charge is 0.347 e. The van der Waals surface area contributed by atoms with Gasteiger partial charge < -0.3 is 20.9 Å². The molecule has 1 aromatic carbocycles. The Morgan fingerprint density at radius 3 is 2.66 bits per heavy atom. The monoisotopic (exact) mass is 420 g/mol. The van der Waals surface area contributed by atoms with Crippen molar-refractivity contribution >= 4 is 22.4 Å². The minimum Gasteiger partial charge on any atom is -0.477 e. The maximum atomic E-state index is 10.9. The molecule has 0 aliphatic carbocycles. The van der Waals surface area contributed by atoms with Gasteiger partial charge in [-0.2, -0.15) is 0 Å². The van der Waals surface area contributed by atoms with Gasteiger partial charge in [0.25, 0.3) is 0 Å². The van der Waals surface area contributed by atoms with Crippen LogP contribution in [0, 0.1) is 0 Å². The predicted molar refractivity (Wildman–Crippen MR) is 117 cm³/mol. The average molecular weight is 421 g/mol. The number of nitrogen functional groups attached to an aromatic ring is 1. The molecule has 1 aliphatic heterocycles. The molecule has 1 fully saturated rings. The second-order valence-corrected chi connectivity index (χ2v) is 7.92. The Hall–Kier alpha value is -2.00. The van der Waals surface area contributed by atoms with Gasteiger partial charge in [-0.15, -0.1) is 0 Å². The molecule has 1 aromatic heterocycles. The van der Waals surface area contributed by atoms with E-state index in [-0.39, 0.29) is 4.88 Å². The molecule has 0 spiro atoms. The number of benzene rings is 1. The Morgan fingerprint density at radius 1 is 1.28 bits per heavy atom. The fourth-order valence-electron chi connectivity index (χ4n) is 2.94. The number of hydrogen-bond acceptors (Lipinski definition) is 7. The average Bonchev–Trinajstić information content (AvgIpc) is 3.10. The zero-order chi connectivity index (χ0) is 20.9. The Morgan fingerprint density at radius 2 is 2.00 bits per heavy atom. The summed E-state index contributed by atoms with van der Waals surface area (Å²) in [7, 11) is 0. The molecule has 0 atom stereocenters. The summed E-state index contributed by atoms with van der Waals surface area (Å²) < 4.78 is 5.22. The third kappa shape index (κ3) is 8.91. The summed E-state index contributed by atoms with van der Waals surface area (Å²) >= 11 is 1.02. The van der Waals surface area contributed by atoms with E-state index in [0.29, 0.717) is 30.6 Å². The van der Waals surface area contributed by atoms with E-state index < -0.39 is 5.97 Å². The normalized spacial score (nSPS) is 14.2. The van der Waals surface area contributed by atoms with Crippen molar-refractivity contribution in [3.05, 3.63) is 46.5 Å². The predicted octanol–water partition coefficient (Wildman–Crippen LogP) is 3.22. The number of anilines is 1. The van der Waals surface area contributed by atoms with Crippen LogP contribution in [0.5, 0.6) is 0 Å². The molecule has 29 heavy (non-hydrogen) atoms. The second-order valence-electron chi connectivity index (χ2n) is 6.89. The number of aromatic carboxylic acids is 1. The third-order valence-electron chi connectivity index (χ3n) is 4.51. The molecule has 4 N–H and O–H groups in total. The van der Waals surface area contributed by atoms with E-state index in [9.17, 15) is 4.79 Å². The van der Waals surface area contributed by atoms with Gasteiger partial charge in [0, 0.05) is 26.2 Å². The molecule has 8 heteroatoms. The van der Waals surface area contributed by atoms with Gasteiger partial charge in [0.2, 0.25) is 0 Å². The lowest BCUT2D eigenvalue weighted by Crippen LogP contribution is -2.36. The number of carboxylic acid groups (broad SMARTS) is 1. The topological polar surface area (TPSA) is 101 Å². The molecule has 0 amide bonds. The SMILES string of the molecule is CCCCCNCc1ccccc1.Nc1nc(CN2CCOCC2)c(C(=O)O)s1. The Labute approximate surface area is 176 Å². The van der Waals surface area contributed by atoms with Crippen molar-refractivity contribution in [1.29, 1.82) is 0 Å². The number of nitrogens with one attached hydrogen (secondary N) is 1. The number of nitrogens with two attached hydrogens (primary N) is 1. The van der Waals surface area contributed by atoms with E-state index >= 15 is 0 Å². The number of carbonyl (C=O) groups is 1. The fourth-order valence-corrected chi connectivity index (χ4v) is 3.62. The Balaban J connectivity index is 0.000000212. The van der Waals surface area contributed by atoms with Gasteiger partial charge in [-0.3, -0.25) is 4.90 Å². The number of hydrogen-bond donors (Lipinski definition) is 3. The van der Waals surface area contributed by atoms with E-state index in [1.807, 2.05) is 0 Å². The summed E-state index contributed by atoms with van der Waals surface area (Å²) in [6.45, 7) is 7.88. The van der Waals surface area contributed by atoms with Crippen LogP contribution in [-0.4, -0.2) is 53.8 Å². The van der Waals surface area contributed by atoms with E-state index in [1.54, 1.807) is 0 Å². The van der Waals surface area contributed by atoms with E-state index in [2.05, 4.69) is 52.5 Å². The van der Waals surface area contributed by atoms with Crippen LogP contribution in [0.3, 0.4) is 0 Å². The van der Waals surface area contributed by atoms with Crippen LogP contribution in [0.1, 0.15) is 47.1 Å². The fraction of sp³-hybridized carbons (Fsp3) is 0.524. The van der Waals surface area contributed by atoms with Crippen molar-refractivity contribution in [2.45, 2.75) is 39.3 Å². The number of unbranched alkanes of at least 4 members (excludes halogenated alkanes) is 2. The molecular formula is C21H32N4O3S. The molecule has 2 heterocycles. The van der Waals surface area contributed by atoms with Gasteiger partial charge >= 0.3 is 5.97 Å². The van der Waals surface area contributed by atoms with Gasteiger partial charge in [-0.05, 0) is 18.5 Å². The van der Waals surface area contributed by atoms with E-state index in [1.165, 1.54) is 24.8 Å². The lowest BCUT2D eigenvalue weighted by Gasteiger charge is -2.25. The lowest BCUT2D eigenvalue weighted by molar-refractivity contribution is 0.0335. The molecular weight excluding hydrogens is 388 g/mol. The number of aromatic nitrogens is 1. The maximum Gasteiger partial charge on any atom is 0.347 e. The number of carboxylic acids is 1. The second kappa shape index (κ2) is 13.3.